The molecule has 0 spiro atoms. The number of aromatic nitrogens is 1. The van der Waals surface area contributed by atoms with Gasteiger partial charge in [0.1, 0.15) is 0 Å². The van der Waals surface area contributed by atoms with Gasteiger partial charge in [-0.2, -0.15) is 0 Å². The van der Waals surface area contributed by atoms with Gasteiger partial charge in [0, 0.05) is 30.0 Å². The highest BCUT2D eigenvalue weighted by Gasteiger charge is 2.21. The van der Waals surface area contributed by atoms with Crippen molar-refractivity contribution in [3.8, 4) is 0 Å². The molecule has 0 saturated heterocycles. The normalized spacial score (nSPS) is 13.3. The molecule has 2 aromatic rings. The molecule has 0 saturated carbocycles. The summed E-state index contributed by atoms with van der Waals surface area (Å²) in [5, 5.41) is 9.65. The SMILES string of the molecule is CC(NS(=O)(=O)c1cc(CO)n(C)c1)c1ccccc1Cl. The molecule has 0 aliphatic heterocycles. The molecule has 0 aliphatic rings. The molecule has 2 rings (SSSR count). The van der Waals surface area contributed by atoms with E-state index in [1.807, 2.05) is 0 Å². The summed E-state index contributed by atoms with van der Waals surface area (Å²) in [6, 6.07) is 8.08. The van der Waals surface area contributed by atoms with Crippen LogP contribution in [0.4, 0.5) is 0 Å². The number of hydrogen-bond acceptors (Lipinski definition) is 3. The van der Waals surface area contributed by atoms with Crippen molar-refractivity contribution in [3.05, 3.63) is 52.8 Å². The molecule has 21 heavy (non-hydrogen) atoms. The first-order valence-corrected chi connectivity index (χ1v) is 8.24. The summed E-state index contributed by atoms with van der Waals surface area (Å²) in [6.07, 6.45) is 1.47. The Morgan fingerprint density at radius 1 is 1.38 bits per heavy atom. The third-order valence-electron chi connectivity index (χ3n) is 3.26. The molecule has 0 radical (unpaired) electrons. The van der Waals surface area contributed by atoms with Gasteiger partial charge >= 0.3 is 0 Å². The van der Waals surface area contributed by atoms with Crippen LogP contribution in [0.15, 0.2) is 41.4 Å². The number of sulfonamides is 1. The monoisotopic (exact) mass is 328 g/mol. The summed E-state index contributed by atoms with van der Waals surface area (Å²) in [5.74, 6) is 0. The van der Waals surface area contributed by atoms with E-state index >= 15 is 0 Å². The fraction of sp³-hybridized carbons (Fsp3) is 0.286. The van der Waals surface area contributed by atoms with Gasteiger partial charge in [0.2, 0.25) is 10.0 Å². The molecule has 2 N–H and O–H groups in total. The van der Waals surface area contributed by atoms with E-state index in [9.17, 15) is 8.42 Å². The maximum Gasteiger partial charge on any atom is 0.242 e. The fourth-order valence-electron chi connectivity index (χ4n) is 2.07. The van der Waals surface area contributed by atoms with Crippen LogP contribution in [-0.4, -0.2) is 18.1 Å². The number of aryl methyl sites for hydroxylation is 1. The van der Waals surface area contributed by atoms with Gasteiger partial charge in [-0.25, -0.2) is 13.1 Å². The topological polar surface area (TPSA) is 71.3 Å². The van der Waals surface area contributed by atoms with E-state index in [0.29, 0.717) is 16.3 Å². The van der Waals surface area contributed by atoms with Crippen molar-refractivity contribution in [1.29, 1.82) is 0 Å². The Balaban J connectivity index is 2.27. The second-order valence-corrected chi connectivity index (χ2v) is 6.92. The Morgan fingerprint density at radius 3 is 2.62 bits per heavy atom. The smallest absolute Gasteiger partial charge is 0.242 e. The van der Waals surface area contributed by atoms with Crippen molar-refractivity contribution in [3.63, 3.8) is 0 Å². The number of benzene rings is 1. The minimum absolute atomic E-state index is 0.118. The second kappa shape index (κ2) is 6.19. The Kier molecular flexibility index (Phi) is 4.73. The molecule has 0 amide bonds. The third kappa shape index (κ3) is 3.47. The number of nitrogens with one attached hydrogen (secondary N) is 1. The summed E-state index contributed by atoms with van der Waals surface area (Å²) in [6.45, 7) is 1.51. The van der Waals surface area contributed by atoms with Gasteiger partial charge in [-0.1, -0.05) is 29.8 Å². The van der Waals surface area contributed by atoms with E-state index in [0.717, 1.165) is 0 Å². The molecule has 114 valence electrons. The minimum Gasteiger partial charge on any atom is -0.390 e. The third-order valence-corrected chi connectivity index (χ3v) is 5.11. The average Bonchev–Trinajstić information content (AvgIpc) is 2.80. The van der Waals surface area contributed by atoms with Crippen LogP contribution < -0.4 is 4.72 Å². The Labute approximate surface area is 129 Å². The van der Waals surface area contributed by atoms with Gasteiger partial charge in [-0.05, 0) is 24.6 Å². The Hall–Kier alpha value is -1.34. The van der Waals surface area contributed by atoms with Crippen LogP contribution in [0.5, 0.6) is 0 Å². The van der Waals surface area contributed by atoms with Gasteiger partial charge in [0.15, 0.2) is 0 Å². The van der Waals surface area contributed by atoms with Crippen LogP contribution in [0.3, 0.4) is 0 Å². The van der Waals surface area contributed by atoms with Crippen molar-refractivity contribution < 1.29 is 13.5 Å². The zero-order valence-corrected chi connectivity index (χ0v) is 13.3. The first-order chi connectivity index (χ1) is 9.85. The van der Waals surface area contributed by atoms with Crippen molar-refractivity contribution >= 4 is 21.6 Å². The van der Waals surface area contributed by atoms with E-state index < -0.39 is 16.1 Å². The Morgan fingerprint density at radius 2 is 2.05 bits per heavy atom. The number of nitrogens with zero attached hydrogens (tertiary/aromatic N) is 1. The van der Waals surface area contributed by atoms with Crippen LogP contribution >= 0.6 is 11.6 Å². The maximum absolute atomic E-state index is 12.4. The predicted molar refractivity (Wildman–Crippen MR) is 81.5 cm³/mol. The molecule has 1 unspecified atom stereocenters. The molecule has 0 fully saturated rings. The fourth-order valence-corrected chi connectivity index (χ4v) is 3.69. The zero-order chi connectivity index (χ0) is 15.6. The lowest BCUT2D eigenvalue weighted by atomic mass is 10.1. The first kappa shape index (κ1) is 16.0. The van der Waals surface area contributed by atoms with E-state index in [1.54, 1.807) is 42.8 Å². The molecule has 0 aliphatic carbocycles. The lowest BCUT2D eigenvalue weighted by Gasteiger charge is -2.15. The van der Waals surface area contributed by atoms with E-state index in [4.69, 9.17) is 16.7 Å². The zero-order valence-electron chi connectivity index (χ0n) is 11.7. The predicted octanol–water partition coefficient (Wildman–Crippen LogP) is 2.21. The Bertz CT molecular complexity index is 740. The van der Waals surface area contributed by atoms with E-state index in [1.165, 1.54) is 12.3 Å². The molecular formula is C14H17ClN2O3S. The maximum atomic E-state index is 12.4. The van der Waals surface area contributed by atoms with Crippen LogP contribution in [0.2, 0.25) is 5.02 Å². The lowest BCUT2D eigenvalue weighted by molar-refractivity contribution is 0.272. The van der Waals surface area contributed by atoms with Gasteiger partial charge in [-0.3, -0.25) is 0 Å². The number of aliphatic hydroxyl groups excluding tert-OH is 1. The largest absolute Gasteiger partial charge is 0.390 e. The molecule has 1 aromatic heterocycles. The number of rotatable bonds is 5. The van der Waals surface area contributed by atoms with Crippen LogP contribution in [-0.2, 0) is 23.7 Å². The highest BCUT2D eigenvalue weighted by molar-refractivity contribution is 7.89. The summed E-state index contributed by atoms with van der Waals surface area (Å²) < 4.78 is 28.9. The molecular weight excluding hydrogens is 312 g/mol. The quantitative estimate of drug-likeness (QED) is 0.884. The number of hydrogen-bond donors (Lipinski definition) is 2. The van der Waals surface area contributed by atoms with Crippen molar-refractivity contribution in [2.75, 3.05) is 0 Å². The van der Waals surface area contributed by atoms with Crippen LogP contribution in [0.25, 0.3) is 0 Å². The summed E-state index contributed by atoms with van der Waals surface area (Å²) in [4.78, 5) is 0.118. The molecule has 0 bridgehead atoms. The first-order valence-electron chi connectivity index (χ1n) is 6.38. The summed E-state index contributed by atoms with van der Waals surface area (Å²) in [5.41, 5.74) is 1.24. The van der Waals surface area contributed by atoms with Gasteiger partial charge in [0.05, 0.1) is 11.5 Å². The summed E-state index contributed by atoms with van der Waals surface area (Å²) in [7, 11) is -1.99. The molecule has 5 nitrogen and oxygen atoms in total. The molecule has 1 aromatic carbocycles. The van der Waals surface area contributed by atoms with Crippen LogP contribution in [0.1, 0.15) is 24.2 Å². The minimum atomic E-state index is -3.68. The second-order valence-electron chi connectivity index (χ2n) is 4.80. The molecule has 1 atom stereocenters. The van der Waals surface area contributed by atoms with Gasteiger partial charge < -0.3 is 9.67 Å². The highest BCUT2D eigenvalue weighted by Crippen LogP contribution is 2.24. The van der Waals surface area contributed by atoms with E-state index in [-0.39, 0.29) is 11.5 Å². The van der Waals surface area contributed by atoms with Crippen molar-refractivity contribution in [1.82, 2.24) is 9.29 Å². The van der Waals surface area contributed by atoms with Crippen molar-refractivity contribution in [2.45, 2.75) is 24.5 Å². The van der Waals surface area contributed by atoms with Crippen molar-refractivity contribution in [2.24, 2.45) is 7.05 Å². The van der Waals surface area contributed by atoms with Gasteiger partial charge in [0.25, 0.3) is 0 Å². The van der Waals surface area contributed by atoms with Crippen LogP contribution in [0, 0.1) is 0 Å². The van der Waals surface area contributed by atoms with E-state index in [2.05, 4.69) is 4.72 Å². The van der Waals surface area contributed by atoms with Gasteiger partial charge in [-0.15, -0.1) is 0 Å². The lowest BCUT2D eigenvalue weighted by Crippen LogP contribution is -2.26. The average molecular weight is 329 g/mol. The molecule has 1 heterocycles. The number of halogens is 1. The standard InChI is InChI=1S/C14H17ClN2O3S/c1-10(13-5-3-4-6-14(13)15)16-21(19,20)12-7-11(9-18)17(2)8-12/h3-8,10,16,18H,9H2,1-2H3. The molecule has 7 heteroatoms. The summed E-state index contributed by atoms with van der Waals surface area (Å²) >= 11 is 6.07. The highest BCUT2D eigenvalue weighted by atomic mass is 35.5. The number of aliphatic hydroxyl groups is 1.